The number of carbonyl (C=O) groups is 1. The lowest BCUT2D eigenvalue weighted by Gasteiger charge is -2.30. The second kappa shape index (κ2) is 6.96. The third kappa shape index (κ3) is 4.55. The number of nitrogens with one attached hydrogen (secondary N) is 1. The van der Waals surface area contributed by atoms with Gasteiger partial charge in [0.1, 0.15) is 0 Å². The Bertz CT molecular complexity index is 402. The van der Waals surface area contributed by atoms with E-state index in [1.807, 2.05) is 37.3 Å². The summed E-state index contributed by atoms with van der Waals surface area (Å²) in [5.41, 5.74) is 0. The van der Waals surface area contributed by atoms with Gasteiger partial charge in [-0.25, -0.2) is 0 Å². The summed E-state index contributed by atoms with van der Waals surface area (Å²) < 4.78 is 0. The van der Waals surface area contributed by atoms with Crippen LogP contribution in [0.25, 0.3) is 0 Å². The normalized spacial score (nSPS) is 19.1. The molecule has 1 amide bonds. The fraction of sp³-hybridized carbons (Fsp3) is 0.533. The monoisotopic (exact) mass is 278 g/mol. The van der Waals surface area contributed by atoms with Crippen LogP contribution in [0.1, 0.15) is 19.8 Å². The highest BCUT2D eigenvalue weighted by Crippen LogP contribution is 2.23. The van der Waals surface area contributed by atoms with E-state index in [0.717, 1.165) is 30.8 Å². The molecule has 0 saturated carbocycles. The molecule has 1 saturated heterocycles. The standard InChI is InChI=1S/C15H22N2OS/c1-12(19-14-6-4-3-5-7-14)15(18)16-13-8-10-17(2)11-9-13/h3-7,12-13H,8-11H2,1-2H3,(H,16,18)/t12-/m0/s1. The molecule has 1 aliphatic heterocycles. The maximum absolute atomic E-state index is 12.2. The van der Waals surface area contributed by atoms with Crippen molar-refractivity contribution >= 4 is 17.7 Å². The summed E-state index contributed by atoms with van der Waals surface area (Å²) >= 11 is 1.62. The first-order valence-corrected chi connectivity index (χ1v) is 7.74. The largest absolute Gasteiger partial charge is 0.352 e. The van der Waals surface area contributed by atoms with Gasteiger partial charge in [0.25, 0.3) is 0 Å². The second-order valence-corrected chi connectivity index (χ2v) is 6.57. The summed E-state index contributed by atoms with van der Waals surface area (Å²) in [6.07, 6.45) is 2.12. The molecule has 1 fully saturated rings. The number of hydrogen-bond donors (Lipinski definition) is 1. The first-order chi connectivity index (χ1) is 9.15. The zero-order chi connectivity index (χ0) is 13.7. The second-order valence-electron chi connectivity index (χ2n) is 5.16. The maximum atomic E-state index is 12.2. The van der Waals surface area contributed by atoms with E-state index in [0.29, 0.717) is 6.04 Å². The van der Waals surface area contributed by atoms with E-state index < -0.39 is 0 Å². The SMILES string of the molecule is C[C@H](Sc1ccccc1)C(=O)NC1CCN(C)CC1. The average Bonchev–Trinajstić information content (AvgIpc) is 2.42. The highest BCUT2D eigenvalue weighted by Gasteiger charge is 2.21. The Morgan fingerprint density at radius 3 is 2.58 bits per heavy atom. The van der Waals surface area contributed by atoms with Crippen LogP contribution >= 0.6 is 11.8 Å². The van der Waals surface area contributed by atoms with Crippen LogP contribution in [0.5, 0.6) is 0 Å². The minimum atomic E-state index is -0.0398. The van der Waals surface area contributed by atoms with E-state index in [9.17, 15) is 4.79 Å². The molecular formula is C15H22N2OS. The summed E-state index contributed by atoms with van der Waals surface area (Å²) in [4.78, 5) is 15.6. The number of rotatable bonds is 4. The van der Waals surface area contributed by atoms with E-state index in [-0.39, 0.29) is 11.2 Å². The predicted octanol–water partition coefficient (Wildman–Crippen LogP) is 2.38. The lowest BCUT2D eigenvalue weighted by atomic mass is 10.1. The lowest BCUT2D eigenvalue weighted by Crippen LogP contribution is -2.45. The van der Waals surface area contributed by atoms with Gasteiger partial charge >= 0.3 is 0 Å². The van der Waals surface area contributed by atoms with E-state index in [2.05, 4.69) is 17.3 Å². The molecule has 0 aromatic heterocycles. The lowest BCUT2D eigenvalue weighted by molar-refractivity contribution is -0.121. The number of hydrogen-bond acceptors (Lipinski definition) is 3. The molecule has 1 heterocycles. The molecule has 0 bridgehead atoms. The number of nitrogens with zero attached hydrogens (tertiary/aromatic N) is 1. The Labute approximate surface area is 119 Å². The molecule has 1 N–H and O–H groups in total. The molecule has 0 spiro atoms. The number of carbonyl (C=O) groups excluding carboxylic acids is 1. The summed E-state index contributed by atoms with van der Waals surface area (Å²) in [5.74, 6) is 0.156. The molecule has 0 aliphatic carbocycles. The highest BCUT2D eigenvalue weighted by molar-refractivity contribution is 8.00. The van der Waals surface area contributed by atoms with Crippen LogP contribution in [0.3, 0.4) is 0 Å². The Kier molecular flexibility index (Phi) is 5.28. The van der Waals surface area contributed by atoms with E-state index >= 15 is 0 Å². The molecule has 4 heteroatoms. The zero-order valence-corrected chi connectivity index (χ0v) is 12.5. The summed E-state index contributed by atoms with van der Waals surface area (Å²) in [6.45, 7) is 4.12. The van der Waals surface area contributed by atoms with Gasteiger partial charge in [-0.3, -0.25) is 4.79 Å². The molecule has 0 radical (unpaired) electrons. The number of thioether (sulfide) groups is 1. The van der Waals surface area contributed by atoms with Crippen molar-refractivity contribution in [2.75, 3.05) is 20.1 Å². The molecule has 19 heavy (non-hydrogen) atoms. The molecule has 3 nitrogen and oxygen atoms in total. The molecule has 2 rings (SSSR count). The van der Waals surface area contributed by atoms with Crippen LogP contribution < -0.4 is 5.32 Å². The highest BCUT2D eigenvalue weighted by atomic mass is 32.2. The molecular weight excluding hydrogens is 256 g/mol. The third-order valence-corrected chi connectivity index (χ3v) is 4.60. The summed E-state index contributed by atoms with van der Waals surface area (Å²) in [6, 6.07) is 10.4. The van der Waals surface area contributed by atoms with Crippen molar-refractivity contribution in [3.05, 3.63) is 30.3 Å². The minimum Gasteiger partial charge on any atom is -0.352 e. The number of piperidine rings is 1. The third-order valence-electron chi connectivity index (χ3n) is 3.49. The summed E-state index contributed by atoms with van der Waals surface area (Å²) in [7, 11) is 2.13. The van der Waals surface area contributed by atoms with Gasteiger partial charge in [0.15, 0.2) is 0 Å². The van der Waals surface area contributed by atoms with Crippen LogP contribution in [0.2, 0.25) is 0 Å². The van der Waals surface area contributed by atoms with Crippen molar-refractivity contribution in [1.29, 1.82) is 0 Å². The number of amides is 1. The Morgan fingerprint density at radius 2 is 1.95 bits per heavy atom. The van der Waals surface area contributed by atoms with Crippen molar-refractivity contribution in [3.63, 3.8) is 0 Å². The van der Waals surface area contributed by atoms with E-state index in [1.54, 1.807) is 11.8 Å². The average molecular weight is 278 g/mol. The first kappa shape index (κ1) is 14.4. The van der Waals surface area contributed by atoms with Crippen molar-refractivity contribution in [2.45, 2.75) is 36.0 Å². The van der Waals surface area contributed by atoms with Crippen LogP contribution in [0.15, 0.2) is 35.2 Å². The molecule has 1 aromatic carbocycles. The Morgan fingerprint density at radius 1 is 1.32 bits per heavy atom. The number of likely N-dealkylation sites (tertiary alicyclic amines) is 1. The van der Waals surface area contributed by atoms with Crippen molar-refractivity contribution < 1.29 is 4.79 Å². The zero-order valence-electron chi connectivity index (χ0n) is 11.6. The molecule has 1 atom stereocenters. The molecule has 0 unspecified atom stereocenters. The van der Waals surface area contributed by atoms with Gasteiger partial charge in [-0.15, -0.1) is 11.8 Å². The van der Waals surface area contributed by atoms with E-state index in [1.165, 1.54) is 0 Å². The molecule has 1 aromatic rings. The van der Waals surface area contributed by atoms with Gasteiger partial charge in [-0.05, 0) is 52.0 Å². The van der Waals surface area contributed by atoms with Gasteiger partial charge in [-0.2, -0.15) is 0 Å². The van der Waals surface area contributed by atoms with Crippen LogP contribution in [0.4, 0.5) is 0 Å². The predicted molar refractivity (Wildman–Crippen MR) is 80.4 cm³/mol. The van der Waals surface area contributed by atoms with Crippen LogP contribution in [-0.4, -0.2) is 42.2 Å². The van der Waals surface area contributed by atoms with Gasteiger partial charge in [0.05, 0.1) is 5.25 Å². The Hall–Kier alpha value is -1.00. The maximum Gasteiger partial charge on any atom is 0.233 e. The fourth-order valence-corrected chi connectivity index (χ4v) is 3.13. The first-order valence-electron chi connectivity index (χ1n) is 6.86. The quantitative estimate of drug-likeness (QED) is 0.858. The van der Waals surface area contributed by atoms with Crippen molar-refractivity contribution in [2.24, 2.45) is 0 Å². The van der Waals surface area contributed by atoms with Crippen LogP contribution in [0, 0.1) is 0 Å². The number of benzene rings is 1. The minimum absolute atomic E-state index is 0.0398. The van der Waals surface area contributed by atoms with E-state index in [4.69, 9.17) is 0 Å². The topological polar surface area (TPSA) is 32.3 Å². The van der Waals surface area contributed by atoms with Crippen molar-refractivity contribution in [1.82, 2.24) is 10.2 Å². The van der Waals surface area contributed by atoms with Gasteiger partial charge < -0.3 is 10.2 Å². The van der Waals surface area contributed by atoms with Crippen molar-refractivity contribution in [3.8, 4) is 0 Å². The molecule has 1 aliphatic rings. The fourth-order valence-electron chi connectivity index (χ4n) is 2.23. The van der Waals surface area contributed by atoms with Gasteiger partial charge in [0.2, 0.25) is 5.91 Å². The van der Waals surface area contributed by atoms with Crippen LogP contribution in [-0.2, 0) is 4.79 Å². The Balaban J connectivity index is 1.79. The van der Waals surface area contributed by atoms with Gasteiger partial charge in [0, 0.05) is 10.9 Å². The van der Waals surface area contributed by atoms with Gasteiger partial charge in [-0.1, -0.05) is 18.2 Å². The smallest absolute Gasteiger partial charge is 0.233 e. The molecule has 104 valence electrons. The summed E-state index contributed by atoms with van der Waals surface area (Å²) in [5, 5.41) is 3.13.